The fourth-order valence-corrected chi connectivity index (χ4v) is 6.94. The number of likely N-dealkylation sites (tertiary alicyclic amines) is 1. The molecule has 1 saturated heterocycles. The topological polar surface area (TPSA) is 43.7 Å². The Morgan fingerprint density at radius 1 is 1.12 bits per heavy atom. The molecule has 1 aliphatic heterocycles. The van der Waals surface area contributed by atoms with Gasteiger partial charge in [0, 0.05) is 12.1 Å². The van der Waals surface area contributed by atoms with E-state index in [4.69, 9.17) is 0 Å². The van der Waals surface area contributed by atoms with Crippen LogP contribution in [0.3, 0.4) is 0 Å². The lowest BCUT2D eigenvalue weighted by molar-refractivity contribution is -0.0226. The summed E-state index contributed by atoms with van der Waals surface area (Å²) in [7, 11) is 0. The van der Waals surface area contributed by atoms with Crippen LogP contribution in [0.1, 0.15) is 74.5 Å². The van der Waals surface area contributed by atoms with E-state index < -0.39 is 0 Å². The zero-order chi connectivity index (χ0) is 17.9. The van der Waals surface area contributed by atoms with Gasteiger partial charge in [-0.1, -0.05) is 13.0 Å². The Hall–Kier alpha value is -1.06. The monoisotopic (exact) mass is 355 g/mol. The molecule has 26 heavy (non-hydrogen) atoms. The van der Waals surface area contributed by atoms with Crippen molar-refractivity contribution in [1.82, 2.24) is 4.90 Å². The first-order chi connectivity index (χ1) is 12.6. The van der Waals surface area contributed by atoms with Gasteiger partial charge in [0.05, 0.1) is 6.10 Å². The fourth-order valence-electron chi connectivity index (χ4n) is 6.94. The largest absolute Gasteiger partial charge is 0.508 e. The minimum Gasteiger partial charge on any atom is -0.508 e. The lowest BCUT2D eigenvalue weighted by Gasteiger charge is -2.50. The Morgan fingerprint density at radius 3 is 2.73 bits per heavy atom. The van der Waals surface area contributed by atoms with Crippen molar-refractivity contribution in [2.24, 2.45) is 17.3 Å². The lowest BCUT2D eigenvalue weighted by Crippen LogP contribution is -2.44. The van der Waals surface area contributed by atoms with Crippen LogP contribution in [-0.2, 0) is 13.0 Å². The highest BCUT2D eigenvalue weighted by Gasteiger charge is 2.54. The van der Waals surface area contributed by atoms with E-state index in [0.717, 1.165) is 37.3 Å². The summed E-state index contributed by atoms with van der Waals surface area (Å²) < 4.78 is 0. The van der Waals surface area contributed by atoms with Gasteiger partial charge in [0.25, 0.3) is 0 Å². The van der Waals surface area contributed by atoms with Gasteiger partial charge in [0.2, 0.25) is 0 Å². The molecule has 3 aliphatic carbocycles. The molecule has 5 rings (SSSR count). The maximum atomic E-state index is 10.6. The van der Waals surface area contributed by atoms with Crippen molar-refractivity contribution >= 4 is 0 Å². The maximum Gasteiger partial charge on any atom is 0.120 e. The smallest absolute Gasteiger partial charge is 0.120 e. The predicted octanol–water partition coefficient (Wildman–Crippen LogP) is 4.21. The third-order valence-corrected chi connectivity index (χ3v) is 8.47. The Bertz CT molecular complexity index is 696. The SMILES string of the molecule is C[C@@]12CC[C@@H]3c4cc(CN5CCCC5)c(O)cc4CC[C@@H]3[C@@H]1CC[C@@H]2O. The van der Waals surface area contributed by atoms with Gasteiger partial charge in [-0.25, -0.2) is 0 Å². The fraction of sp³-hybridized carbons (Fsp3) is 0.739. The number of fused-ring (bicyclic) bond motifs is 5. The Kier molecular flexibility index (Phi) is 4.09. The molecule has 142 valence electrons. The summed E-state index contributed by atoms with van der Waals surface area (Å²) in [5, 5.41) is 21.2. The van der Waals surface area contributed by atoms with Crippen LogP contribution in [-0.4, -0.2) is 34.3 Å². The average Bonchev–Trinajstić information content (AvgIpc) is 3.24. The Labute approximate surface area is 157 Å². The number of phenolic OH excluding ortho intramolecular Hbond substituents is 1. The molecule has 3 nitrogen and oxygen atoms in total. The molecule has 0 aromatic heterocycles. The van der Waals surface area contributed by atoms with Gasteiger partial charge in [0.1, 0.15) is 5.75 Å². The van der Waals surface area contributed by atoms with Crippen LogP contribution in [0.15, 0.2) is 12.1 Å². The Morgan fingerprint density at radius 2 is 1.92 bits per heavy atom. The molecule has 0 unspecified atom stereocenters. The van der Waals surface area contributed by atoms with E-state index in [1.165, 1.54) is 56.3 Å². The second-order valence-electron chi connectivity index (χ2n) is 9.72. The van der Waals surface area contributed by atoms with E-state index in [1.807, 2.05) is 0 Å². The summed E-state index contributed by atoms with van der Waals surface area (Å²) in [5.74, 6) is 2.55. The summed E-state index contributed by atoms with van der Waals surface area (Å²) in [6.07, 6.45) is 9.36. The third kappa shape index (κ3) is 2.54. The van der Waals surface area contributed by atoms with E-state index in [1.54, 1.807) is 0 Å². The second-order valence-corrected chi connectivity index (χ2v) is 9.72. The van der Waals surface area contributed by atoms with E-state index in [2.05, 4.69) is 24.0 Å². The molecule has 0 bridgehead atoms. The van der Waals surface area contributed by atoms with Crippen LogP contribution in [0.4, 0.5) is 0 Å². The zero-order valence-electron chi connectivity index (χ0n) is 16.1. The summed E-state index contributed by atoms with van der Waals surface area (Å²) in [6, 6.07) is 4.43. The number of hydrogen-bond donors (Lipinski definition) is 2. The number of rotatable bonds is 2. The third-order valence-electron chi connectivity index (χ3n) is 8.47. The number of aryl methyl sites for hydroxylation is 1. The highest BCUT2D eigenvalue weighted by molar-refractivity contribution is 5.45. The molecule has 2 N–H and O–H groups in total. The molecule has 3 heteroatoms. The molecule has 3 fully saturated rings. The van der Waals surface area contributed by atoms with Crippen LogP contribution in [0.25, 0.3) is 0 Å². The van der Waals surface area contributed by atoms with Crippen LogP contribution < -0.4 is 0 Å². The number of phenols is 1. The van der Waals surface area contributed by atoms with Crippen LogP contribution >= 0.6 is 0 Å². The molecule has 5 atom stereocenters. The van der Waals surface area contributed by atoms with Crippen molar-refractivity contribution in [2.45, 2.75) is 76.9 Å². The highest BCUT2D eigenvalue weighted by Crippen LogP contribution is 2.61. The van der Waals surface area contributed by atoms with Crippen LogP contribution in [0.5, 0.6) is 5.75 Å². The molecule has 1 aromatic rings. The highest BCUT2D eigenvalue weighted by atomic mass is 16.3. The van der Waals surface area contributed by atoms with Crippen molar-refractivity contribution in [2.75, 3.05) is 13.1 Å². The van der Waals surface area contributed by atoms with Gasteiger partial charge in [-0.15, -0.1) is 0 Å². The molecular formula is C23H33NO2. The molecular weight excluding hydrogens is 322 g/mol. The van der Waals surface area contributed by atoms with E-state index in [9.17, 15) is 10.2 Å². The van der Waals surface area contributed by atoms with E-state index in [-0.39, 0.29) is 11.5 Å². The summed E-state index contributed by atoms with van der Waals surface area (Å²) in [4.78, 5) is 2.48. The molecule has 4 aliphatic rings. The summed E-state index contributed by atoms with van der Waals surface area (Å²) >= 11 is 0. The number of nitrogens with zero attached hydrogens (tertiary/aromatic N) is 1. The summed E-state index contributed by atoms with van der Waals surface area (Å²) in [5.41, 5.74) is 4.19. The first-order valence-corrected chi connectivity index (χ1v) is 10.8. The number of aromatic hydroxyl groups is 1. The lowest BCUT2D eigenvalue weighted by atomic mass is 9.55. The predicted molar refractivity (Wildman–Crippen MR) is 103 cm³/mol. The van der Waals surface area contributed by atoms with Gasteiger partial charge in [-0.05, 0) is 105 Å². The Balaban J connectivity index is 1.46. The first kappa shape index (κ1) is 17.1. The van der Waals surface area contributed by atoms with Gasteiger partial charge in [0.15, 0.2) is 0 Å². The van der Waals surface area contributed by atoms with Gasteiger partial charge >= 0.3 is 0 Å². The van der Waals surface area contributed by atoms with Crippen molar-refractivity contribution in [3.05, 3.63) is 28.8 Å². The van der Waals surface area contributed by atoms with E-state index in [0.29, 0.717) is 17.6 Å². The second kappa shape index (κ2) is 6.24. The first-order valence-electron chi connectivity index (χ1n) is 10.8. The summed E-state index contributed by atoms with van der Waals surface area (Å²) in [6.45, 7) is 5.58. The van der Waals surface area contributed by atoms with Gasteiger partial charge < -0.3 is 10.2 Å². The van der Waals surface area contributed by atoms with Gasteiger partial charge in [-0.3, -0.25) is 4.90 Å². The molecule has 2 saturated carbocycles. The number of aliphatic hydroxyl groups is 1. The van der Waals surface area contributed by atoms with Crippen molar-refractivity contribution in [3.8, 4) is 5.75 Å². The molecule has 0 radical (unpaired) electrons. The van der Waals surface area contributed by atoms with Crippen molar-refractivity contribution < 1.29 is 10.2 Å². The van der Waals surface area contributed by atoms with Gasteiger partial charge in [-0.2, -0.15) is 0 Å². The normalized spacial score (nSPS) is 39.5. The molecule has 0 spiro atoms. The molecule has 0 amide bonds. The standard InChI is InChI=1S/C23H33NO2/c1-23-9-8-17-18(20(23)6-7-22(23)26)5-4-15-13-21(25)16(12-19(15)17)14-24-10-2-3-11-24/h12-13,17-18,20,22,25-26H,2-11,14H2,1H3/t17-,18-,20-,22-,23+/m0/s1. The molecule has 1 aromatic carbocycles. The maximum absolute atomic E-state index is 10.6. The van der Waals surface area contributed by atoms with E-state index >= 15 is 0 Å². The molecule has 1 heterocycles. The minimum atomic E-state index is -0.0969. The van der Waals surface area contributed by atoms with Crippen molar-refractivity contribution in [3.63, 3.8) is 0 Å². The van der Waals surface area contributed by atoms with Crippen molar-refractivity contribution in [1.29, 1.82) is 0 Å². The zero-order valence-corrected chi connectivity index (χ0v) is 16.1. The number of benzene rings is 1. The minimum absolute atomic E-state index is 0.0969. The van der Waals surface area contributed by atoms with Crippen LogP contribution in [0.2, 0.25) is 0 Å². The average molecular weight is 356 g/mol. The quantitative estimate of drug-likeness (QED) is 0.835. The number of aliphatic hydroxyl groups excluding tert-OH is 1. The number of hydrogen-bond acceptors (Lipinski definition) is 3. The van der Waals surface area contributed by atoms with Crippen LogP contribution in [0, 0.1) is 17.3 Å².